The number of halogens is 3. The molecule has 0 fully saturated rings. The summed E-state index contributed by atoms with van der Waals surface area (Å²) in [5.74, 6) is 0. The maximum absolute atomic E-state index is 6.13. The Morgan fingerprint density at radius 3 is 2.65 bits per heavy atom. The fourth-order valence-electron chi connectivity index (χ4n) is 1.78. The van der Waals surface area contributed by atoms with Crippen LogP contribution in [0.25, 0.3) is 10.2 Å². The summed E-state index contributed by atoms with van der Waals surface area (Å²) < 4.78 is 1.17. The number of nitrogens with one attached hydrogen (secondary N) is 1. The average molecular weight is 390 g/mol. The van der Waals surface area contributed by atoms with Gasteiger partial charge in [-0.15, -0.1) is 17.0 Å². The van der Waals surface area contributed by atoms with Crippen LogP contribution in [0.15, 0.2) is 42.5 Å². The zero-order valence-corrected chi connectivity index (χ0v) is 14.3. The van der Waals surface area contributed by atoms with E-state index in [0.717, 1.165) is 16.2 Å². The fraction of sp³-hybridized carbons (Fsp3) is 0.0714. The molecule has 0 aliphatic rings. The smallest absolute Gasteiger partial charge is 0.184 e. The van der Waals surface area contributed by atoms with E-state index in [1.807, 2.05) is 30.3 Å². The average Bonchev–Trinajstić information content (AvgIpc) is 2.80. The monoisotopic (exact) mass is 388 g/mol. The summed E-state index contributed by atoms with van der Waals surface area (Å²) in [7, 11) is 0. The lowest BCUT2D eigenvalue weighted by Crippen LogP contribution is -1.99. The number of nitrogens with zero attached hydrogens (tertiary/aromatic N) is 1. The van der Waals surface area contributed by atoms with Crippen molar-refractivity contribution in [2.45, 2.75) is 6.54 Å². The SMILES string of the molecule is Br.Clc1ccc(CNc2nc3ccccc3s2)c(Cl)c1. The van der Waals surface area contributed by atoms with E-state index in [0.29, 0.717) is 16.6 Å². The molecule has 104 valence electrons. The second-order valence-corrected chi connectivity index (χ2v) is 5.95. The molecule has 0 atom stereocenters. The molecule has 0 saturated heterocycles. The molecule has 20 heavy (non-hydrogen) atoms. The summed E-state index contributed by atoms with van der Waals surface area (Å²) in [6, 6.07) is 13.6. The molecule has 0 amide bonds. The Bertz CT molecular complexity index is 697. The van der Waals surface area contributed by atoms with Crippen molar-refractivity contribution in [3.63, 3.8) is 0 Å². The Balaban J connectivity index is 0.00000147. The van der Waals surface area contributed by atoms with Crippen molar-refractivity contribution in [2.24, 2.45) is 0 Å². The number of benzene rings is 2. The normalized spacial score (nSPS) is 10.3. The van der Waals surface area contributed by atoms with Gasteiger partial charge < -0.3 is 5.32 Å². The minimum absolute atomic E-state index is 0. The van der Waals surface area contributed by atoms with Crippen LogP contribution >= 0.6 is 51.5 Å². The molecule has 0 aliphatic heterocycles. The van der Waals surface area contributed by atoms with Gasteiger partial charge >= 0.3 is 0 Å². The quantitative estimate of drug-likeness (QED) is 0.612. The van der Waals surface area contributed by atoms with Gasteiger partial charge in [0.05, 0.1) is 10.2 Å². The topological polar surface area (TPSA) is 24.9 Å². The van der Waals surface area contributed by atoms with E-state index < -0.39 is 0 Å². The standard InChI is InChI=1S/C14H10Cl2N2S.BrH/c15-10-6-5-9(11(16)7-10)8-17-14-18-12-3-1-2-4-13(12)19-14;/h1-7H,8H2,(H,17,18);1H. The number of fused-ring (bicyclic) bond motifs is 1. The molecule has 2 nitrogen and oxygen atoms in total. The summed E-state index contributed by atoms with van der Waals surface area (Å²) in [5.41, 5.74) is 2.02. The second kappa shape index (κ2) is 6.76. The molecular formula is C14H11BrCl2N2S. The van der Waals surface area contributed by atoms with Gasteiger partial charge in [-0.1, -0.05) is 52.7 Å². The number of rotatable bonds is 3. The highest BCUT2D eigenvalue weighted by molar-refractivity contribution is 8.93. The van der Waals surface area contributed by atoms with Crippen LogP contribution in [0.1, 0.15) is 5.56 Å². The first kappa shape index (κ1) is 15.6. The predicted octanol–water partition coefficient (Wildman–Crippen LogP) is 5.79. The number of para-hydroxylation sites is 1. The lowest BCUT2D eigenvalue weighted by molar-refractivity contribution is 1.14. The minimum Gasteiger partial charge on any atom is -0.357 e. The van der Waals surface area contributed by atoms with Crippen LogP contribution in [0.3, 0.4) is 0 Å². The molecule has 1 N–H and O–H groups in total. The van der Waals surface area contributed by atoms with Crippen molar-refractivity contribution in [1.29, 1.82) is 0 Å². The predicted molar refractivity (Wildman–Crippen MR) is 93.7 cm³/mol. The third kappa shape index (κ3) is 3.44. The zero-order chi connectivity index (χ0) is 13.2. The van der Waals surface area contributed by atoms with E-state index in [1.54, 1.807) is 17.4 Å². The number of aromatic nitrogens is 1. The summed E-state index contributed by atoms with van der Waals surface area (Å²) in [4.78, 5) is 4.51. The number of thiazole rings is 1. The first-order chi connectivity index (χ1) is 9.22. The zero-order valence-electron chi connectivity index (χ0n) is 10.3. The van der Waals surface area contributed by atoms with Gasteiger partial charge in [-0.25, -0.2) is 4.98 Å². The molecule has 0 unspecified atom stereocenters. The molecule has 1 heterocycles. The third-order valence-electron chi connectivity index (χ3n) is 2.74. The van der Waals surface area contributed by atoms with Gasteiger partial charge in [0.1, 0.15) is 0 Å². The molecule has 0 bridgehead atoms. The molecule has 3 rings (SSSR count). The van der Waals surface area contributed by atoms with E-state index in [-0.39, 0.29) is 17.0 Å². The van der Waals surface area contributed by atoms with E-state index >= 15 is 0 Å². The van der Waals surface area contributed by atoms with Crippen molar-refractivity contribution in [2.75, 3.05) is 5.32 Å². The highest BCUT2D eigenvalue weighted by atomic mass is 79.9. The maximum Gasteiger partial charge on any atom is 0.184 e. The van der Waals surface area contributed by atoms with Crippen molar-refractivity contribution >= 4 is 66.9 Å². The molecule has 0 saturated carbocycles. The van der Waals surface area contributed by atoms with E-state index in [1.165, 1.54) is 4.70 Å². The summed E-state index contributed by atoms with van der Waals surface area (Å²) >= 11 is 13.6. The highest BCUT2D eigenvalue weighted by Gasteiger charge is 2.05. The lowest BCUT2D eigenvalue weighted by Gasteiger charge is -2.05. The van der Waals surface area contributed by atoms with Crippen molar-refractivity contribution in [3.8, 4) is 0 Å². The van der Waals surface area contributed by atoms with E-state index in [9.17, 15) is 0 Å². The molecule has 2 aromatic carbocycles. The van der Waals surface area contributed by atoms with Gasteiger partial charge in [0, 0.05) is 16.6 Å². The molecule has 1 aromatic heterocycles. The number of hydrogen-bond acceptors (Lipinski definition) is 3. The largest absolute Gasteiger partial charge is 0.357 e. The van der Waals surface area contributed by atoms with Crippen LogP contribution in [0.4, 0.5) is 5.13 Å². The Morgan fingerprint density at radius 1 is 1.10 bits per heavy atom. The highest BCUT2D eigenvalue weighted by Crippen LogP contribution is 2.27. The first-order valence-corrected chi connectivity index (χ1v) is 7.33. The fourth-order valence-corrected chi connectivity index (χ4v) is 3.12. The molecule has 3 aromatic rings. The summed E-state index contributed by atoms with van der Waals surface area (Å²) in [6.45, 7) is 0.635. The third-order valence-corrected chi connectivity index (χ3v) is 4.32. The molecule has 0 spiro atoms. The van der Waals surface area contributed by atoms with Crippen LogP contribution < -0.4 is 5.32 Å². The van der Waals surface area contributed by atoms with Gasteiger partial charge in [0.25, 0.3) is 0 Å². The Labute approximate surface area is 141 Å². The van der Waals surface area contributed by atoms with Gasteiger partial charge in [0.15, 0.2) is 5.13 Å². The van der Waals surface area contributed by atoms with Gasteiger partial charge in [0.2, 0.25) is 0 Å². The molecule has 6 heteroatoms. The van der Waals surface area contributed by atoms with Crippen molar-refractivity contribution in [1.82, 2.24) is 4.98 Å². The first-order valence-electron chi connectivity index (χ1n) is 5.76. The van der Waals surface area contributed by atoms with Crippen LogP contribution in [0.5, 0.6) is 0 Å². The van der Waals surface area contributed by atoms with Crippen molar-refractivity contribution in [3.05, 3.63) is 58.1 Å². The van der Waals surface area contributed by atoms with Gasteiger partial charge in [-0.3, -0.25) is 0 Å². The Morgan fingerprint density at radius 2 is 1.90 bits per heavy atom. The van der Waals surface area contributed by atoms with E-state index in [2.05, 4.69) is 16.4 Å². The minimum atomic E-state index is 0. The lowest BCUT2D eigenvalue weighted by atomic mass is 10.2. The van der Waals surface area contributed by atoms with Crippen LogP contribution in [0.2, 0.25) is 10.0 Å². The van der Waals surface area contributed by atoms with Crippen LogP contribution in [-0.2, 0) is 6.54 Å². The Kier molecular flexibility index (Phi) is 5.27. The van der Waals surface area contributed by atoms with Crippen LogP contribution in [0, 0.1) is 0 Å². The Hall–Kier alpha value is -0.810. The molecular weight excluding hydrogens is 379 g/mol. The summed E-state index contributed by atoms with van der Waals surface area (Å²) in [5, 5.41) is 5.50. The van der Waals surface area contributed by atoms with Gasteiger partial charge in [-0.2, -0.15) is 0 Å². The number of anilines is 1. The van der Waals surface area contributed by atoms with Crippen LogP contribution in [-0.4, -0.2) is 4.98 Å². The number of hydrogen-bond donors (Lipinski definition) is 1. The molecule has 0 aliphatic carbocycles. The maximum atomic E-state index is 6.13. The van der Waals surface area contributed by atoms with Gasteiger partial charge in [-0.05, 0) is 29.8 Å². The van der Waals surface area contributed by atoms with E-state index in [4.69, 9.17) is 23.2 Å². The van der Waals surface area contributed by atoms with Crippen molar-refractivity contribution < 1.29 is 0 Å². The molecule has 0 radical (unpaired) electrons. The summed E-state index contributed by atoms with van der Waals surface area (Å²) in [6.07, 6.45) is 0. The second-order valence-electron chi connectivity index (χ2n) is 4.08.